The second kappa shape index (κ2) is 6.56. The Morgan fingerprint density at radius 3 is 2.80 bits per heavy atom. The van der Waals surface area contributed by atoms with Gasteiger partial charge < -0.3 is 15.8 Å². The highest BCUT2D eigenvalue weighted by Crippen LogP contribution is 2.35. The van der Waals surface area contributed by atoms with E-state index in [0.29, 0.717) is 5.69 Å². The molecule has 1 saturated carbocycles. The molecule has 0 heterocycles. The molecule has 0 saturated heterocycles. The topological polar surface area (TPSA) is 90.4 Å². The fourth-order valence-electron chi connectivity index (χ4n) is 2.71. The fraction of sp³-hybridized carbons (Fsp3) is 0.571. The van der Waals surface area contributed by atoms with Crippen LogP contribution in [0, 0.1) is 10.1 Å². The van der Waals surface area contributed by atoms with Crippen LogP contribution in [0.15, 0.2) is 18.2 Å². The van der Waals surface area contributed by atoms with E-state index in [2.05, 4.69) is 5.32 Å². The van der Waals surface area contributed by atoms with Gasteiger partial charge >= 0.3 is 5.69 Å². The van der Waals surface area contributed by atoms with Crippen LogP contribution in [0.4, 0.5) is 11.4 Å². The first-order valence-electron chi connectivity index (χ1n) is 6.97. The first-order valence-corrected chi connectivity index (χ1v) is 6.97. The molecule has 110 valence electrons. The van der Waals surface area contributed by atoms with Crippen molar-refractivity contribution in [3.05, 3.63) is 28.3 Å². The molecule has 20 heavy (non-hydrogen) atoms. The number of hydrogen-bond donors (Lipinski definition) is 2. The normalized spacial score (nSPS) is 22.9. The molecule has 2 rings (SSSR count). The molecule has 1 aromatic rings. The van der Waals surface area contributed by atoms with Crippen LogP contribution in [-0.4, -0.2) is 24.1 Å². The zero-order valence-corrected chi connectivity index (χ0v) is 11.7. The minimum atomic E-state index is -0.413. The second-order valence-corrected chi connectivity index (χ2v) is 5.17. The van der Waals surface area contributed by atoms with Crippen LogP contribution in [0.5, 0.6) is 5.75 Å². The SMILES string of the molecule is COc1cccc(NC2CCCCCC2N)c1[N+](=O)[O-]. The summed E-state index contributed by atoms with van der Waals surface area (Å²) >= 11 is 0. The molecule has 0 aromatic heterocycles. The van der Waals surface area contributed by atoms with E-state index in [1.54, 1.807) is 18.2 Å². The summed E-state index contributed by atoms with van der Waals surface area (Å²) < 4.78 is 5.08. The number of rotatable bonds is 4. The number of hydrogen-bond acceptors (Lipinski definition) is 5. The Morgan fingerprint density at radius 1 is 1.35 bits per heavy atom. The Hall–Kier alpha value is -1.82. The molecule has 6 heteroatoms. The summed E-state index contributed by atoms with van der Waals surface area (Å²) in [6.45, 7) is 0. The standard InChI is InChI=1S/C14H21N3O3/c1-20-13-9-5-8-12(14(13)17(18)19)16-11-7-4-2-3-6-10(11)15/h5,8-11,16H,2-4,6-7,15H2,1H3. The highest BCUT2D eigenvalue weighted by atomic mass is 16.6. The van der Waals surface area contributed by atoms with E-state index in [4.69, 9.17) is 10.5 Å². The average Bonchev–Trinajstić information content (AvgIpc) is 2.63. The molecule has 1 fully saturated rings. The quantitative estimate of drug-likeness (QED) is 0.502. The largest absolute Gasteiger partial charge is 0.490 e. The van der Waals surface area contributed by atoms with E-state index in [9.17, 15) is 10.1 Å². The van der Waals surface area contributed by atoms with Gasteiger partial charge in [0, 0.05) is 12.1 Å². The van der Waals surface area contributed by atoms with E-state index >= 15 is 0 Å². The van der Waals surface area contributed by atoms with Crippen LogP contribution >= 0.6 is 0 Å². The molecule has 1 aliphatic rings. The summed E-state index contributed by atoms with van der Waals surface area (Å²) in [6.07, 6.45) is 5.29. The third-order valence-electron chi connectivity index (χ3n) is 3.81. The molecule has 3 N–H and O–H groups in total. The summed E-state index contributed by atoms with van der Waals surface area (Å²) in [7, 11) is 1.43. The Labute approximate surface area is 118 Å². The zero-order chi connectivity index (χ0) is 14.5. The van der Waals surface area contributed by atoms with Crippen molar-refractivity contribution in [1.82, 2.24) is 0 Å². The van der Waals surface area contributed by atoms with Crippen molar-refractivity contribution in [3.63, 3.8) is 0 Å². The number of anilines is 1. The smallest absolute Gasteiger partial charge is 0.333 e. The van der Waals surface area contributed by atoms with E-state index in [1.165, 1.54) is 13.5 Å². The maximum absolute atomic E-state index is 11.2. The fourth-order valence-corrected chi connectivity index (χ4v) is 2.71. The molecule has 2 atom stereocenters. The van der Waals surface area contributed by atoms with Crippen LogP contribution in [0.2, 0.25) is 0 Å². The van der Waals surface area contributed by atoms with Crippen molar-refractivity contribution < 1.29 is 9.66 Å². The predicted octanol–water partition coefficient (Wildman–Crippen LogP) is 2.68. The molecule has 6 nitrogen and oxygen atoms in total. The van der Waals surface area contributed by atoms with Crippen LogP contribution in [0.3, 0.4) is 0 Å². The van der Waals surface area contributed by atoms with Crippen molar-refractivity contribution in [2.24, 2.45) is 5.73 Å². The van der Waals surface area contributed by atoms with E-state index in [-0.39, 0.29) is 23.5 Å². The summed E-state index contributed by atoms with van der Waals surface area (Å²) in [6, 6.07) is 5.15. The van der Waals surface area contributed by atoms with Crippen LogP contribution in [-0.2, 0) is 0 Å². The van der Waals surface area contributed by atoms with Gasteiger partial charge in [0.25, 0.3) is 0 Å². The molecular weight excluding hydrogens is 258 g/mol. The van der Waals surface area contributed by atoms with E-state index in [1.807, 2.05) is 0 Å². The predicted molar refractivity (Wildman–Crippen MR) is 78.1 cm³/mol. The maximum atomic E-state index is 11.2. The molecule has 0 amide bonds. The summed E-state index contributed by atoms with van der Waals surface area (Å²) in [4.78, 5) is 10.8. The molecule has 0 spiro atoms. The second-order valence-electron chi connectivity index (χ2n) is 5.17. The number of nitrogens with two attached hydrogens (primary N) is 1. The number of nitrogens with one attached hydrogen (secondary N) is 1. The van der Waals surface area contributed by atoms with Crippen molar-refractivity contribution >= 4 is 11.4 Å². The third-order valence-corrected chi connectivity index (χ3v) is 3.81. The van der Waals surface area contributed by atoms with Gasteiger partial charge in [-0.25, -0.2) is 0 Å². The Kier molecular flexibility index (Phi) is 4.79. The minimum Gasteiger partial charge on any atom is -0.490 e. The maximum Gasteiger partial charge on any atom is 0.333 e. The van der Waals surface area contributed by atoms with Gasteiger partial charge in [-0.1, -0.05) is 25.3 Å². The molecule has 2 unspecified atom stereocenters. The van der Waals surface area contributed by atoms with Gasteiger partial charge in [0.15, 0.2) is 5.75 Å². The Balaban J connectivity index is 2.25. The lowest BCUT2D eigenvalue weighted by atomic mass is 10.0. The highest BCUT2D eigenvalue weighted by Gasteiger charge is 2.25. The number of nitro benzene ring substituents is 1. The van der Waals surface area contributed by atoms with Crippen LogP contribution < -0.4 is 15.8 Å². The van der Waals surface area contributed by atoms with Gasteiger partial charge in [-0.15, -0.1) is 0 Å². The van der Waals surface area contributed by atoms with Crippen LogP contribution in [0.1, 0.15) is 32.1 Å². The lowest BCUT2D eigenvalue weighted by molar-refractivity contribution is -0.384. The molecule has 1 aromatic carbocycles. The molecular formula is C14H21N3O3. The van der Waals surface area contributed by atoms with Gasteiger partial charge in [0.05, 0.1) is 12.0 Å². The molecule has 0 radical (unpaired) electrons. The number of nitrogens with zero attached hydrogens (tertiary/aromatic N) is 1. The lowest BCUT2D eigenvalue weighted by Gasteiger charge is -2.23. The van der Waals surface area contributed by atoms with E-state index in [0.717, 1.165) is 25.7 Å². The first kappa shape index (κ1) is 14.6. The average molecular weight is 279 g/mol. The summed E-state index contributed by atoms with van der Waals surface area (Å²) in [5.74, 6) is 0.266. The number of benzene rings is 1. The molecule has 0 bridgehead atoms. The summed E-state index contributed by atoms with van der Waals surface area (Å²) in [5.41, 5.74) is 6.62. The van der Waals surface area contributed by atoms with Gasteiger partial charge in [-0.3, -0.25) is 10.1 Å². The first-order chi connectivity index (χ1) is 9.63. The molecule has 0 aliphatic heterocycles. The van der Waals surface area contributed by atoms with Crippen molar-refractivity contribution in [2.45, 2.75) is 44.2 Å². The number of ether oxygens (including phenoxy) is 1. The van der Waals surface area contributed by atoms with Crippen molar-refractivity contribution in [3.8, 4) is 5.75 Å². The highest BCUT2D eigenvalue weighted by molar-refractivity contribution is 5.68. The van der Waals surface area contributed by atoms with Crippen molar-refractivity contribution in [2.75, 3.05) is 12.4 Å². The van der Waals surface area contributed by atoms with Gasteiger partial charge in [0.1, 0.15) is 5.69 Å². The van der Waals surface area contributed by atoms with E-state index < -0.39 is 4.92 Å². The Morgan fingerprint density at radius 2 is 2.10 bits per heavy atom. The molecule has 1 aliphatic carbocycles. The zero-order valence-electron chi connectivity index (χ0n) is 11.7. The van der Waals surface area contributed by atoms with Crippen molar-refractivity contribution in [1.29, 1.82) is 0 Å². The third kappa shape index (κ3) is 3.19. The Bertz CT molecular complexity index is 479. The summed E-state index contributed by atoms with van der Waals surface area (Å²) in [5, 5.41) is 14.5. The van der Waals surface area contributed by atoms with Crippen LogP contribution in [0.25, 0.3) is 0 Å². The van der Waals surface area contributed by atoms with Gasteiger partial charge in [-0.05, 0) is 25.0 Å². The van der Waals surface area contributed by atoms with Gasteiger partial charge in [-0.2, -0.15) is 0 Å². The minimum absolute atomic E-state index is 0.0218. The number of methoxy groups -OCH3 is 1. The van der Waals surface area contributed by atoms with Gasteiger partial charge in [0.2, 0.25) is 0 Å². The number of para-hydroxylation sites is 1. The lowest BCUT2D eigenvalue weighted by Crippen LogP contribution is -2.39. The number of nitro groups is 1. The monoisotopic (exact) mass is 279 g/mol.